The third-order valence-electron chi connectivity index (χ3n) is 5.82. The maximum Gasteiger partial charge on any atom is 0.495 e. The van der Waals surface area contributed by atoms with Crippen molar-refractivity contribution in [2.24, 2.45) is 0 Å². The molecule has 3 aromatic carbocycles. The van der Waals surface area contributed by atoms with Gasteiger partial charge in [0.15, 0.2) is 0 Å². The van der Waals surface area contributed by atoms with Crippen molar-refractivity contribution in [3.05, 3.63) is 66.6 Å². The van der Waals surface area contributed by atoms with Crippen LogP contribution in [0, 0.1) is 0 Å². The van der Waals surface area contributed by atoms with Crippen LogP contribution in [0.1, 0.15) is 34.5 Å². The largest absolute Gasteiger partial charge is 0.495 e. The van der Waals surface area contributed by atoms with Gasteiger partial charge in [-0.3, -0.25) is 0 Å². The number of hydrogen-bond donors (Lipinski definition) is 0. The van der Waals surface area contributed by atoms with Gasteiger partial charge in [0.2, 0.25) is 0 Å². The molecular weight excluding hydrogens is 347 g/mol. The second-order valence-electron chi connectivity index (χ2n) is 8.12. The molecule has 3 nitrogen and oxygen atoms in total. The monoisotopic (exact) mass is 375 g/mol. The van der Waals surface area contributed by atoms with E-state index >= 15 is 0 Å². The highest BCUT2D eigenvalue weighted by Crippen LogP contribution is 2.38. The molecule has 0 atom stereocenters. The second kappa shape index (κ2) is 5.97. The topological polar surface area (TPSA) is 31.6 Å². The van der Waals surface area contributed by atoms with Crippen LogP contribution < -0.4 is 5.46 Å². The summed E-state index contributed by atoms with van der Waals surface area (Å²) >= 11 is 0. The Morgan fingerprint density at radius 3 is 2.25 bits per heavy atom. The molecule has 4 heteroatoms. The minimum Gasteiger partial charge on any atom is -0.456 e. The zero-order valence-corrected chi connectivity index (χ0v) is 16.3. The van der Waals surface area contributed by atoms with Crippen molar-refractivity contribution in [3.63, 3.8) is 0 Å². The average Bonchev–Trinajstić information content (AvgIpc) is 3.23. The number of rotatable bonds is 2. The van der Waals surface area contributed by atoms with Crippen molar-refractivity contribution >= 4 is 34.5 Å². The van der Waals surface area contributed by atoms with Crippen LogP contribution in [0.2, 0.25) is 0 Å². The maximum atomic E-state index is 8.34. The van der Waals surface area contributed by atoms with Crippen LogP contribution in [-0.2, 0) is 9.31 Å². The van der Waals surface area contributed by atoms with Gasteiger partial charge in [-0.05, 0) is 62.5 Å². The van der Waals surface area contributed by atoms with Crippen LogP contribution in [0.4, 0.5) is 0 Å². The lowest BCUT2D eigenvalue weighted by molar-refractivity contribution is 0.00578. The Labute approximate surface area is 172 Å². The summed E-state index contributed by atoms with van der Waals surface area (Å²) in [5.41, 5.74) is 1.79. The lowest BCUT2D eigenvalue weighted by atomic mass is 9.76. The fraction of sp³-hybridized carbons (Fsp3) is 0.250. The highest BCUT2D eigenvalue weighted by Gasteiger charge is 2.52. The third-order valence-corrected chi connectivity index (χ3v) is 5.82. The van der Waals surface area contributed by atoms with E-state index in [4.69, 9.17) is 20.6 Å². The molecule has 1 aliphatic rings. The van der Waals surface area contributed by atoms with Crippen molar-refractivity contribution in [2.45, 2.75) is 38.9 Å². The molecule has 0 spiro atoms. The van der Waals surface area contributed by atoms with E-state index in [2.05, 4.69) is 0 Å². The molecule has 0 saturated carbocycles. The lowest BCUT2D eigenvalue weighted by Gasteiger charge is -2.32. The zero-order valence-electron chi connectivity index (χ0n) is 21.3. The Bertz CT molecular complexity index is 1400. The molecule has 2 heterocycles. The smallest absolute Gasteiger partial charge is 0.456 e. The molecular formula is C24H23BO3. The number of hydrogen-bond acceptors (Lipinski definition) is 3. The Morgan fingerprint density at radius 1 is 0.821 bits per heavy atom. The summed E-state index contributed by atoms with van der Waals surface area (Å²) in [6.07, 6.45) is 0. The summed E-state index contributed by atoms with van der Waals surface area (Å²) in [5, 5.41) is 1.58. The standard InChI is InChI=1S/C24H23BO3/c1-23(2)24(3,4)28-25(27-23)19-11-8-12-21-22(19)18-15-17(13-14-20(18)26-21)16-9-6-5-7-10-16/h5-15H,1-4H3/i5D,6D,7D,9D,10D. The first-order valence-corrected chi connectivity index (χ1v) is 9.31. The lowest BCUT2D eigenvalue weighted by Crippen LogP contribution is -2.41. The molecule has 1 aliphatic heterocycles. The fourth-order valence-electron chi connectivity index (χ4n) is 3.57. The van der Waals surface area contributed by atoms with E-state index < -0.39 is 24.4 Å². The van der Waals surface area contributed by atoms with Crippen molar-refractivity contribution in [1.29, 1.82) is 0 Å². The first-order chi connectivity index (χ1) is 15.4. The predicted molar refractivity (Wildman–Crippen MR) is 115 cm³/mol. The highest BCUT2D eigenvalue weighted by molar-refractivity contribution is 6.66. The number of furan rings is 1. The summed E-state index contributed by atoms with van der Waals surface area (Å²) in [7, 11) is -0.594. The van der Waals surface area contributed by atoms with E-state index in [1.54, 1.807) is 12.1 Å². The van der Waals surface area contributed by atoms with Gasteiger partial charge in [0.25, 0.3) is 0 Å². The molecule has 1 saturated heterocycles. The van der Waals surface area contributed by atoms with Gasteiger partial charge in [-0.2, -0.15) is 0 Å². The molecule has 0 radical (unpaired) electrons. The van der Waals surface area contributed by atoms with E-state index in [9.17, 15) is 0 Å². The molecule has 1 fully saturated rings. The molecule has 0 amide bonds. The Balaban J connectivity index is 1.75. The Hall–Kier alpha value is -2.56. The van der Waals surface area contributed by atoms with Crippen molar-refractivity contribution in [3.8, 4) is 11.1 Å². The van der Waals surface area contributed by atoms with Crippen molar-refractivity contribution in [1.82, 2.24) is 0 Å². The average molecular weight is 375 g/mol. The van der Waals surface area contributed by atoms with Crippen LogP contribution >= 0.6 is 0 Å². The molecule has 0 aliphatic carbocycles. The fourth-order valence-corrected chi connectivity index (χ4v) is 3.57. The molecule has 140 valence electrons. The first kappa shape index (κ1) is 12.8. The van der Waals surface area contributed by atoms with Crippen LogP contribution in [0.15, 0.2) is 71.0 Å². The van der Waals surface area contributed by atoms with Crippen LogP contribution in [0.25, 0.3) is 33.1 Å². The van der Waals surface area contributed by atoms with Crippen molar-refractivity contribution < 1.29 is 20.6 Å². The first-order valence-electron chi connectivity index (χ1n) is 11.8. The SMILES string of the molecule is [2H]c1c([2H])c([2H])c(-c2ccc3oc4cccc(B5OC(C)(C)C(C)(C)O5)c4c3c2)c([2H])c1[2H]. The number of fused-ring (bicyclic) bond motifs is 3. The number of benzene rings is 3. The second-order valence-corrected chi connectivity index (χ2v) is 8.12. The molecule has 0 N–H and O–H groups in total. The summed E-state index contributed by atoms with van der Waals surface area (Å²) in [6, 6.07) is 9.38. The molecule has 28 heavy (non-hydrogen) atoms. The van der Waals surface area contributed by atoms with Gasteiger partial charge in [-0.15, -0.1) is 0 Å². The molecule has 0 unspecified atom stereocenters. The predicted octanol–water partition coefficient (Wildman–Crippen LogP) is 5.55. The van der Waals surface area contributed by atoms with Gasteiger partial charge in [0.1, 0.15) is 11.2 Å². The normalized spacial score (nSPS) is 20.7. The van der Waals surface area contributed by atoms with Gasteiger partial charge in [-0.25, -0.2) is 0 Å². The molecule has 4 aromatic rings. The van der Waals surface area contributed by atoms with Gasteiger partial charge >= 0.3 is 7.12 Å². The van der Waals surface area contributed by atoms with E-state index in [1.807, 2.05) is 52.0 Å². The maximum absolute atomic E-state index is 8.34. The Kier molecular flexibility index (Phi) is 2.73. The van der Waals surface area contributed by atoms with Gasteiger partial charge in [0.05, 0.1) is 18.1 Å². The van der Waals surface area contributed by atoms with Gasteiger partial charge in [-0.1, -0.05) is 48.4 Å². The van der Waals surface area contributed by atoms with E-state index in [-0.39, 0.29) is 29.7 Å². The molecule has 5 rings (SSSR count). The highest BCUT2D eigenvalue weighted by atomic mass is 16.7. The summed E-state index contributed by atoms with van der Waals surface area (Å²) in [6.45, 7) is 7.99. The Morgan fingerprint density at radius 2 is 1.54 bits per heavy atom. The summed E-state index contributed by atoms with van der Waals surface area (Å²) < 4.78 is 59.2. The van der Waals surface area contributed by atoms with Gasteiger partial charge < -0.3 is 13.7 Å². The molecule has 0 bridgehead atoms. The summed E-state index contributed by atoms with van der Waals surface area (Å²) in [4.78, 5) is 0. The van der Waals surface area contributed by atoms with Gasteiger partial charge in [0, 0.05) is 10.8 Å². The molecule has 1 aromatic heterocycles. The third kappa shape index (κ3) is 2.60. The van der Waals surface area contributed by atoms with Crippen LogP contribution in [-0.4, -0.2) is 18.3 Å². The van der Waals surface area contributed by atoms with E-state index in [1.165, 1.54) is 0 Å². The van der Waals surface area contributed by atoms with Crippen molar-refractivity contribution in [2.75, 3.05) is 0 Å². The minimum absolute atomic E-state index is 0.158. The van der Waals surface area contributed by atoms with E-state index in [0.717, 1.165) is 16.2 Å². The van der Waals surface area contributed by atoms with Crippen LogP contribution in [0.3, 0.4) is 0 Å². The van der Waals surface area contributed by atoms with E-state index in [0.29, 0.717) is 16.7 Å². The zero-order chi connectivity index (χ0) is 23.9. The quantitative estimate of drug-likeness (QED) is 0.431. The minimum atomic E-state index is -0.594. The summed E-state index contributed by atoms with van der Waals surface area (Å²) in [5.74, 6) is 0. The van der Waals surface area contributed by atoms with Crippen LogP contribution in [0.5, 0.6) is 0 Å².